The molecule has 0 aliphatic carbocycles. The van der Waals surface area contributed by atoms with Gasteiger partial charge in [0.15, 0.2) is 0 Å². The van der Waals surface area contributed by atoms with Crippen molar-refractivity contribution in [2.24, 2.45) is 0 Å². The van der Waals surface area contributed by atoms with Gasteiger partial charge in [0.2, 0.25) is 0 Å². The fourth-order valence-corrected chi connectivity index (χ4v) is 5.05. The Kier molecular flexibility index (Phi) is 5.38. The van der Waals surface area contributed by atoms with Crippen LogP contribution in [0.4, 0.5) is 11.4 Å². The lowest BCUT2D eigenvalue weighted by Gasteiger charge is -2.19. The van der Waals surface area contributed by atoms with Crippen molar-refractivity contribution in [1.29, 1.82) is 0 Å². The van der Waals surface area contributed by atoms with Crippen LogP contribution in [0.5, 0.6) is 0 Å². The lowest BCUT2D eigenvalue weighted by molar-refractivity contribution is 0.590. The molecule has 1 aromatic heterocycles. The molecule has 0 saturated heterocycles. The van der Waals surface area contributed by atoms with E-state index in [1.807, 2.05) is 0 Å². The second kappa shape index (κ2) is 8.73. The van der Waals surface area contributed by atoms with E-state index in [0.717, 1.165) is 11.4 Å². The van der Waals surface area contributed by atoms with Gasteiger partial charge < -0.3 is 9.88 Å². The molecule has 176 valence electrons. The number of rotatable bonds is 4. The number of benzene rings is 5. The average Bonchev–Trinajstić information content (AvgIpc) is 3.23. The van der Waals surface area contributed by atoms with E-state index in [9.17, 15) is 0 Å². The van der Waals surface area contributed by atoms with E-state index in [0.29, 0.717) is 0 Å². The molecule has 1 heterocycles. The number of nitrogens with zero attached hydrogens (tertiary/aromatic N) is 1. The van der Waals surface area contributed by atoms with Crippen molar-refractivity contribution in [3.63, 3.8) is 0 Å². The summed E-state index contributed by atoms with van der Waals surface area (Å²) in [5.74, 6) is 0. The fourth-order valence-electron chi connectivity index (χ4n) is 5.05. The summed E-state index contributed by atoms with van der Waals surface area (Å²) in [6.45, 7) is 6.76. The van der Waals surface area contributed by atoms with Crippen LogP contribution in [0, 0.1) is 0 Å². The Morgan fingerprint density at radius 2 is 1.25 bits per heavy atom. The topological polar surface area (TPSA) is 17.0 Å². The number of aromatic nitrogens is 1. The standard InChI is InChI=1S/C34H30N2/c1-34(2,3)25-19-17-24(18-20-25)28-13-7-9-15-31(28)35-26-21-22-30-29-14-8-10-16-32(29)36(33(30)23-26)27-11-5-4-6-12-27/h4-23,35H,1-3H3. The largest absolute Gasteiger partial charge is 0.355 e. The zero-order valence-electron chi connectivity index (χ0n) is 21.0. The molecule has 0 aliphatic rings. The summed E-state index contributed by atoms with van der Waals surface area (Å²) in [4.78, 5) is 0. The molecule has 0 aliphatic heterocycles. The Morgan fingerprint density at radius 3 is 2.03 bits per heavy atom. The number of nitrogens with one attached hydrogen (secondary N) is 1. The summed E-state index contributed by atoms with van der Waals surface area (Å²) in [5.41, 5.74) is 9.64. The van der Waals surface area contributed by atoms with Gasteiger partial charge in [-0.2, -0.15) is 0 Å². The maximum atomic E-state index is 3.72. The number of para-hydroxylation sites is 3. The first kappa shape index (κ1) is 22.2. The highest BCUT2D eigenvalue weighted by Crippen LogP contribution is 2.36. The molecule has 0 radical (unpaired) electrons. The molecule has 5 aromatic carbocycles. The van der Waals surface area contributed by atoms with Crippen molar-refractivity contribution >= 4 is 33.2 Å². The first-order valence-corrected chi connectivity index (χ1v) is 12.5. The third-order valence-corrected chi connectivity index (χ3v) is 6.96. The van der Waals surface area contributed by atoms with E-state index in [2.05, 4.69) is 152 Å². The highest BCUT2D eigenvalue weighted by Gasteiger charge is 2.15. The van der Waals surface area contributed by atoms with Crippen LogP contribution in [0.1, 0.15) is 26.3 Å². The monoisotopic (exact) mass is 466 g/mol. The Morgan fingerprint density at radius 1 is 0.583 bits per heavy atom. The predicted octanol–water partition coefficient (Wildman–Crippen LogP) is 9.49. The minimum absolute atomic E-state index is 0.142. The molecule has 2 nitrogen and oxygen atoms in total. The summed E-state index contributed by atoms with van der Waals surface area (Å²) >= 11 is 0. The number of anilines is 2. The van der Waals surface area contributed by atoms with Crippen molar-refractivity contribution in [3.05, 3.63) is 127 Å². The molecule has 6 aromatic rings. The van der Waals surface area contributed by atoms with Crippen molar-refractivity contribution < 1.29 is 0 Å². The van der Waals surface area contributed by atoms with Gasteiger partial charge in [-0.1, -0.05) is 106 Å². The molecule has 0 saturated carbocycles. The van der Waals surface area contributed by atoms with Gasteiger partial charge in [-0.15, -0.1) is 0 Å². The van der Waals surface area contributed by atoms with Crippen molar-refractivity contribution in [3.8, 4) is 16.8 Å². The first-order chi connectivity index (χ1) is 17.5. The number of hydrogen-bond donors (Lipinski definition) is 1. The molecule has 1 N–H and O–H groups in total. The van der Waals surface area contributed by atoms with Gasteiger partial charge in [0.25, 0.3) is 0 Å². The van der Waals surface area contributed by atoms with Crippen LogP contribution in [-0.4, -0.2) is 4.57 Å². The van der Waals surface area contributed by atoms with E-state index >= 15 is 0 Å². The summed E-state index contributed by atoms with van der Waals surface area (Å²) in [6, 6.07) is 43.4. The highest BCUT2D eigenvalue weighted by atomic mass is 15.0. The average molecular weight is 467 g/mol. The highest BCUT2D eigenvalue weighted by molar-refractivity contribution is 6.10. The van der Waals surface area contributed by atoms with Gasteiger partial charge in [-0.25, -0.2) is 0 Å². The minimum atomic E-state index is 0.142. The minimum Gasteiger partial charge on any atom is -0.355 e. The third-order valence-electron chi connectivity index (χ3n) is 6.96. The fraction of sp³-hybridized carbons (Fsp3) is 0.118. The van der Waals surface area contributed by atoms with E-state index in [-0.39, 0.29) is 5.41 Å². The normalized spacial score (nSPS) is 11.8. The molecule has 2 heteroatoms. The molecule has 0 amide bonds. The molecule has 0 bridgehead atoms. The van der Waals surface area contributed by atoms with Crippen LogP contribution >= 0.6 is 0 Å². The van der Waals surface area contributed by atoms with Crippen LogP contribution < -0.4 is 5.32 Å². The van der Waals surface area contributed by atoms with Crippen LogP contribution in [0.2, 0.25) is 0 Å². The molecule has 0 fully saturated rings. The Balaban J connectivity index is 1.44. The van der Waals surface area contributed by atoms with E-state index in [4.69, 9.17) is 0 Å². The number of hydrogen-bond acceptors (Lipinski definition) is 1. The van der Waals surface area contributed by atoms with Gasteiger partial charge in [-0.05, 0) is 52.9 Å². The molecule has 0 spiro atoms. The molecule has 6 rings (SSSR count). The molecule has 0 unspecified atom stereocenters. The lowest BCUT2D eigenvalue weighted by Crippen LogP contribution is -2.10. The first-order valence-electron chi connectivity index (χ1n) is 12.5. The summed E-state index contributed by atoms with van der Waals surface area (Å²) in [5, 5.41) is 6.24. The summed E-state index contributed by atoms with van der Waals surface area (Å²) < 4.78 is 2.35. The van der Waals surface area contributed by atoms with Gasteiger partial charge in [0.05, 0.1) is 11.0 Å². The zero-order chi connectivity index (χ0) is 24.7. The third kappa shape index (κ3) is 3.95. The van der Waals surface area contributed by atoms with Crippen molar-refractivity contribution in [2.45, 2.75) is 26.2 Å². The van der Waals surface area contributed by atoms with Crippen LogP contribution in [-0.2, 0) is 5.41 Å². The zero-order valence-corrected chi connectivity index (χ0v) is 21.0. The Labute approximate surface area is 212 Å². The maximum Gasteiger partial charge on any atom is 0.0561 e. The maximum absolute atomic E-state index is 3.72. The van der Waals surface area contributed by atoms with E-state index in [1.54, 1.807) is 0 Å². The van der Waals surface area contributed by atoms with Gasteiger partial charge >= 0.3 is 0 Å². The second-order valence-electron chi connectivity index (χ2n) is 10.4. The Bertz CT molecular complexity index is 1670. The van der Waals surface area contributed by atoms with E-state index in [1.165, 1.54) is 44.2 Å². The second-order valence-corrected chi connectivity index (χ2v) is 10.4. The molecular formula is C34H30N2. The summed E-state index contributed by atoms with van der Waals surface area (Å²) in [6.07, 6.45) is 0. The van der Waals surface area contributed by atoms with Gasteiger partial charge in [0.1, 0.15) is 0 Å². The van der Waals surface area contributed by atoms with Crippen molar-refractivity contribution in [1.82, 2.24) is 4.57 Å². The molecule has 0 atom stereocenters. The quantitative estimate of drug-likeness (QED) is 0.274. The van der Waals surface area contributed by atoms with Crippen LogP contribution in [0.25, 0.3) is 38.6 Å². The molecular weight excluding hydrogens is 436 g/mol. The predicted molar refractivity (Wildman–Crippen MR) is 155 cm³/mol. The summed E-state index contributed by atoms with van der Waals surface area (Å²) in [7, 11) is 0. The lowest BCUT2D eigenvalue weighted by atomic mass is 9.86. The van der Waals surface area contributed by atoms with Crippen molar-refractivity contribution in [2.75, 3.05) is 5.32 Å². The van der Waals surface area contributed by atoms with E-state index < -0.39 is 0 Å². The van der Waals surface area contributed by atoms with Gasteiger partial charge in [-0.3, -0.25) is 0 Å². The van der Waals surface area contributed by atoms with Gasteiger partial charge in [0, 0.05) is 33.4 Å². The molecule has 36 heavy (non-hydrogen) atoms. The van der Waals surface area contributed by atoms with Crippen LogP contribution in [0.3, 0.4) is 0 Å². The smallest absolute Gasteiger partial charge is 0.0561 e. The Hall–Kier alpha value is -4.30. The SMILES string of the molecule is CC(C)(C)c1ccc(-c2ccccc2Nc2ccc3c4ccccc4n(-c4ccccc4)c3c2)cc1. The number of fused-ring (bicyclic) bond motifs is 3. The van der Waals surface area contributed by atoms with Crippen LogP contribution in [0.15, 0.2) is 121 Å².